The van der Waals surface area contributed by atoms with Crippen LogP contribution in [-0.4, -0.2) is 61.4 Å². The topological polar surface area (TPSA) is 61.9 Å². The number of hydrogen-bond acceptors (Lipinski definition) is 4. The summed E-state index contributed by atoms with van der Waals surface area (Å²) in [6, 6.07) is 13.7. The third-order valence-electron chi connectivity index (χ3n) is 5.68. The van der Waals surface area contributed by atoms with Crippen LogP contribution in [0.15, 0.2) is 42.5 Å². The molecule has 6 nitrogen and oxygen atoms in total. The molecule has 1 heterocycles. The van der Waals surface area contributed by atoms with Gasteiger partial charge in [0.05, 0.1) is 13.7 Å². The molecule has 0 atom stereocenters. The molecular formula is C24H31N3O3. The highest BCUT2D eigenvalue weighted by Gasteiger charge is 2.20. The van der Waals surface area contributed by atoms with Crippen LogP contribution >= 0.6 is 0 Å². The average Bonchev–Trinajstić information content (AvgIpc) is 3.00. The fourth-order valence-electron chi connectivity index (χ4n) is 3.62. The first-order chi connectivity index (χ1) is 14.5. The van der Waals surface area contributed by atoms with Crippen LogP contribution in [0.3, 0.4) is 0 Å². The first kappa shape index (κ1) is 21.8. The summed E-state index contributed by atoms with van der Waals surface area (Å²) in [5.41, 5.74) is 4.04. The number of nitrogens with zero attached hydrogens (tertiary/aromatic N) is 2. The Morgan fingerprint density at radius 1 is 0.967 bits per heavy atom. The summed E-state index contributed by atoms with van der Waals surface area (Å²) in [5.74, 6) is 0.620. The maximum atomic E-state index is 12.6. The molecule has 2 amide bonds. The van der Waals surface area contributed by atoms with E-state index in [-0.39, 0.29) is 18.4 Å². The van der Waals surface area contributed by atoms with E-state index >= 15 is 0 Å². The fraction of sp³-hybridized carbons (Fsp3) is 0.417. The highest BCUT2D eigenvalue weighted by molar-refractivity contribution is 5.96. The Morgan fingerprint density at radius 3 is 2.43 bits per heavy atom. The second-order valence-corrected chi connectivity index (χ2v) is 7.84. The van der Waals surface area contributed by atoms with Crippen molar-refractivity contribution in [2.75, 3.05) is 39.8 Å². The molecule has 0 aromatic heterocycles. The number of carbonyl (C=O) groups is 2. The van der Waals surface area contributed by atoms with E-state index in [2.05, 4.69) is 22.3 Å². The van der Waals surface area contributed by atoms with Gasteiger partial charge in [-0.3, -0.25) is 14.5 Å². The van der Waals surface area contributed by atoms with Crippen LogP contribution in [0.1, 0.15) is 33.5 Å². The molecule has 6 heteroatoms. The second-order valence-electron chi connectivity index (χ2n) is 7.84. The monoisotopic (exact) mass is 409 g/mol. The van der Waals surface area contributed by atoms with Crippen molar-refractivity contribution in [2.24, 2.45) is 0 Å². The fourth-order valence-corrected chi connectivity index (χ4v) is 3.62. The minimum atomic E-state index is -0.206. The quantitative estimate of drug-likeness (QED) is 0.797. The number of ether oxygens (including phenoxy) is 1. The number of methoxy groups -OCH3 is 1. The van der Waals surface area contributed by atoms with Crippen molar-refractivity contribution in [2.45, 2.75) is 26.8 Å². The Bertz CT molecular complexity index is 880. The first-order valence-corrected chi connectivity index (χ1v) is 10.4. The molecule has 1 saturated heterocycles. The smallest absolute Gasteiger partial charge is 0.251 e. The molecule has 30 heavy (non-hydrogen) atoms. The van der Waals surface area contributed by atoms with E-state index in [1.54, 1.807) is 13.2 Å². The highest BCUT2D eigenvalue weighted by Crippen LogP contribution is 2.14. The Labute approximate surface area is 178 Å². The predicted octanol–water partition coefficient (Wildman–Crippen LogP) is 2.78. The SMILES string of the molecule is COc1ccc(CN2CCCN(C(=O)CNC(=O)c3ccc(C)c(C)c3)CC2)cc1. The van der Waals surface area contributed by atoms with Gasteiger partial charge < -0.3 is 15.0 Å². The van der Waals surface area contributed by atoms with Crippen LogP contribution in [-0.2, 0) is 11.3 Å². The van der Waals surface area contributed by atoms with Gasteiger partial charge in [-0.25, -0.2) is 0 Å². The molecule has 160 valence electrons. The van der Waals surface area contributed by atoms with Gasteiger partial charge in [-0.15, -0.1) is 0 Å². The van der Waals surface area contributed by atoms with Crippen LogP contribution in [0.5, 0.6) is 5.75 Å². The summed E-state index contributed by atoms with van der Waals surface area (Å²) in [6.07, 6.45) is 0.924. The van der Waals surface area contributed by atoms with Crippen LogP contribution in [0.4, 0.5) is 0 Å². The molecular weight excluding hydrogens is 378 g/mol. The zero-order chi connectivity index (χ0) is 21.5. The van der Waals surface area contributed by atoms with Gasteiger partial charge in [0.15, 0.2) is 0 Å². The summed E-state index contributed by atoms with van der Waals surface area (Å²) in [7, 11) is 1.67. The summed E-state index contributed by atoms with van der Waals surface area (Å²) < 4.78 is 5.21. The lowest BCUT2D eigenvalue weighted by Gasteiger charge is -2.22. The van der Waals surface area contributed by atoms with Gasteiger partial charge in [0.1, 0.15) is 5.75 Å². The predicted molar refractivity (Wildman–Crippen MR) is 118 cm³/mol. The Morgan fingerprint density at radius 2 is 1.73 bits per heavy atom. The number of benzene rings is 2. The van der Waals surface area contributed by atoms with E-state index < -0.39 is 0 Å². The molecule has 1 aliphatic rings. The molecule has 0 bridgehead atoms. The molecule has 3 rings (SSSR count). The molecule has 0 aliphatic carbocycles. The summed E-state index contributed by atoms with van der Waals surface area (Å²) in [5, 5.41) is 2.77. The van der Waals surface area contributed by atoms with Crippen molar-refractivity contribution < 1.29 is 14.3 Å². The van der Waals surface area contributed by atoms with Gasteiger partial charge in [0, 0.05) is 38.3 Å². The molecule has 0 unspecified atom stereocenters. The van der Waals surface area contributed by atoms with Crippen molar-refractivity contribution in [1.29, 1.82) is 0 Å². The van der Waals surface area contributed by atoms with Crippen LogP contribution in [0.25, 0.3) is 0 Å². The van der Waals surface area contributed by atoms with Crippen LogP contribution in [0, 0.1) is 13.8 Å². The molecule has 0 radical (unpaired) electrons. The van der Waals surface area contributed by atoms with Gasteiger partial charge >= 0.3 is 0 Å². The molecule has 1 N–H and O–H groups in total. The number of hydrogen-bond donors (Lipinski definition) is 1. The van der Waals surface area contributed by atoms with Gasteiger partial charge in [-0.05, 0) is 61.2 Å². The Balaban J connectivity index is 1.47. The zero-order valence-electron chi connectivity index (χ0n) is 18.1. The van der Waals surface area contributed by atoms with Gasteiger partial charge in [-0.2, -0.15) is 0 Å². The van der Waals surface area contributed by atoms with E-state index in [9.17, 15) is 9.59 Å². The van der Waals surface area contributed by atoms with E-state index in [1.165, 1.54) is 5.56 Å². The Kier molecular flexibility index (Phi) is 7.46. The summed E-state index contributed by atoms with van der Waals surface area (Å²) in [6.45, 7) is 8.05. The van der Waals surface area contributed by atoms with E-state index in [0.717, 1.165) is 49.5 Å². The largest absolute Gasteiger partial charge is 0.497 e. The number of nitrogens with one attached hydrogen (secondary N) is 1. The molecule has 2 aromatic carbocycles. The Hall–Kier alpha value is -2.86. The maximum absolute atomic E-state index is 12.6. The van der Waals surface area contributed by atoms with E-state index in [1.807, 2.05) is 43.0 Å². The second kappa shape index (κ2) is 10.3. The molecule has 0 spiro atoms. The third kappa shape index (κ3) is 5.83. The van der Waals surface area contributed by atoms with E-state index in [0.29, 0.717) is 12.1 Å². The number of carbonyl (C=O) groups excluding carboxylic acids is 2. The maximum Gasteiger partial charge on any atom is 0.251 e. The normalized spacial score (nSPS) is 14.8. The van der Waals surface area contributed by atoms with Gasteiger partial charge in [-0.1, -0.05) is 18.2 Å². The lowest BCUT2D eigenvalue weighted by atomic mass is 10.1. The number of rotatable bonds is 6. The zero-order valence-corrected chi connectivity index (χ0v) is 18.1. The minimum Gasteiger partial charge on any atom is -0.497 e. The van der Waals surface area contributed by atoms with Crippen molar-refractivity contribution in [3.8, 4) is 5.75 Å². The lowest BCUT2D eigenvalue weighted by Crippen LogP contribution is -2.42. The third-order valence-corrected chi connectivity index (χ3v) is 5.68. The number of amides is 2. The highest BCUT2D eigenvalue weighted by atomic mass is 16.5. The average molecular weight is 410 g/mol. The molecule has 2 aromatic rings. The van der Waals surface area contributed by atoms with Crippen molar-refractivity contribution in [3.63, 3.8) is 0 Å². The van der Waals surface area contributed by atoms with Crippen LogP contribution in [0.2, 0.25) is 0 Å². The first-order valence-electron chi connectivity index (χ1n) is 10.4. The molecule has 0 saturated carbocycles. The van der Waals surface area contributed by atoms with E-state index in [4.69, 9.17) is 4.74 Å². The number of aryl methyl sites for hydroxylation is 2. The minimum absolute atomic E-state index is 0.0292. The molecule has 1 aliphatic heterocycles. The van der Waals surface area contributed by atoms with Gasteiger partial charge in [0.25, 0.3) is 5.91 Å². The molecule has 1 fully saturated rings. The standard InChI is InChI=1S/C24H31N3O3/c1-18-5-8-21(15-19(18)2)24(29)25-16-23(28)27-12-4-11-26(13-14-27)17-20-6-9-22(30-3)10-7-20/h5-10,15H,4,11-14,16-17H2,1-3H3,(H,25,29). The summed E-state index contributed by atoms with van der Waals surface area (Å²) in [4.78, 5) is 29.2. The van der Waals surface area contributed by atoms with Gasteiger partial charge in [0.2, 0.25) is 5.91 Å². The summed E-state index contributed by atoms with van der Waals surface area (Å²) >= 11 is 0. The van der Waals surface area contributed by atoms with Crippen molar-refractivity contribution in [3.05, 3.63) is 64.7 Å². The van der Waals surface area contributed by atoms with Crippen molar-refractivity contribution >= 4 is 11.8 Å². The lowest BCUT2D eigenvalue weighted by molar-refractivity contribution is -0.130. The van der Waals surface area contributed by atoms with Crippen molar-refractivity contribution in [1.82, 2.24) is 15.1 Å². The van der Waals surface area contributed by atoms with Crippen LogP contribution < -0.4 is 10.1 Å².